The summed E-state index contributed by atoms with van der Waals surface area (Å²) in [7, 11) is 0. The van der Waals surface area contributed by atoms with Crippen LogP contribution in [0.4, 0.5) is 0 Å². The number of aromatic nitrogens is 1. The summed E-state index contributed by atoms with van der Waals surface area (Å²) in [4.78, 5) is 16.4. The van der Waals surface area contributed by atoms with Crippen molar-refractivity contribution in [2.45, 2.75) is 19.3 Å². The van der Waals surface area contributed by atoms with Crippen LogP contribution >= 0.6 is 11.3 Å². The fraction of sp³-hybridized carbons (Fsp3) is 0.231. The summed E-state index contributed by atoms with van der Waals surface area (Å²) in [6, 6.07) is 8.23. The number of carboxylic acids is 1. The largest absolute Gasteiger partial charge is 0.481 e. The summed E-state index contributed by atoms with van der Waals surface area (Å²) in [5.41, 5.74) is 3.47. The third kappa shape index (κ3) is 1.85. The maximum atomic E-state index is 10.7. The molecular formula is C13H11NO2S. The predicted octanol–water partition coefficient (Wildman–Crippen LogP) is 2.54. The molecule has 86 valence electrons. The summed E-state index contributed by atoms with van der Waals surface area (Å²) >= 11 is 1.54. The van der Waals surface area contributed by atoms with Gasteiger partial charge in [0, 0.05) is 10.4 Å². The van der Waals surface area contributed by atoms with Gasteiger partial charge in [-0.2, -0.15) is 0 Å². The molecule has 0 aliphatic heterocycles. The number of hydrogen-bond donors (Lipinski definition) is 1. The highest BCUT2D eigenvalue weighted by Crippen LogP contribution is 2.36. The molecule has 17 heavy (non-hydrogen) atoms. The van der Waals surface area contributed by atoms with E-state index in [0.717, 1.165) is 18.5 Å². The molecule has 1 aromatic carbocycles. The van der Waals surface area contributed by atoms with E-state index in [1.807, 2.05) is 12.1 Å². The molecule has 0 unspecified atom stereocenters. The van der Waals surface area contributed by atoms with Gasteiger partial charge in [0.15, 0.2) is 0 Å². The van der Waals surface area contributed by atoms with Gasteiger partial charge < -0.3 is 5.11 Å². The van der Waals surface area contributed by atoms with Crippen molar-refractivity contribution in [1.82, 2.24) is 4.98 Å². The van der Waals surface area contributed by atoms with Crippen LogP contribution in [0.2, 0.25) is 0 Å². The van der Waals surface area contributed by atoms with Crippen molar-refractivity contribution in [3.63, 3.8) is 0 Å². The Bertz CT molecular complexity index is 589. The Labute approximate surface area is 103 Å². The van der Waals surface area contributed by atoms with Crippen LogP contribution in [0.25, 0.3) is 11.3 Å². The third-order valence-electron chi connectivity index (χ3n) is 2.94. The number of carbonyl (C=O) groups is 1. The second-order valence-corrected chi connectivity index (χ2v) is 5.28. The smallest absolute Gasteiger partial charge is 0.310 e. The first-order valence-corrected chi connectivity index (χ1v) is 6.34. The zero-order valence-electron chi connectivity index (χ0n) is 9.14. The topological polar surface area (TPSA) is 50.2 Å². The molecule has 4 heteroatoms. The van der Waals surface area contributed by atoms with E-state index in [9.17, 15) is 4.79 Å². The molecule has 0 fully saturated rings. The van der Waals surface area contributed by atoms with E-state index in [0.29, 0.717) is 5.01 Å². The lowest BCUT2D eigenvalue weighted by Crippen LogP contribution is -2.01. The summed E-state index contributed by atoms with van der Waals surface area (Å²) in [5.74, 6) is -0.815. The molecule has 1 aromatic heterocycles. The number of thiazole rings is 1. The number of aliphatic carboxylic acids is 1. The first kappa shape index (κ1) is 10.5. The standard InChI is InChI=1S/C13H11NO2S/c15-12(16)7-11-14-13-9-4-2-1-3-8(9)5-6-10(13)17-11/h1-4H,5-7H2,(H,15,16). The molecule has 1 heterocycles. The Hall–Kier alpha value is -1.68. The Morgan fingerprint density at radius 2 is 2.18 bits per heavy atom. The third-order valence-corrected chi connectivity index (χ3v) is 4.05. The lowest BCUT2D eigenvalue weighted by atomic mass is 9.94. The monoisotopic (exact) mass is 245 g/mol. The minimum absolute atomic E-state index is 0.0276. The number of nitrogens with zero attached hydrogens (tertiary/aromatic N) is 1. The summed E-state index contributed by atoms with van der Waals surface area (Å²) in [5, 5.41) is 9.50. The van der Waals surface area contributed by atoms with Crippen molar-refractivity contribution in [1.29, 1.82) is 0 Å². The predicted molar refractivity (Wildman–Crippen MR) is 66.3 cm³/mol. The van der Waals surface area contributed by atoms with Gasteiger partial charge in [0.25, 0.3) is 0 Å². The summed E-state index contributed by atoms with van der Waals surface area (Å²) in [6.07, 6.45) is 2.03. The number of aryl methyl sites for hydroxylation is 2. The van der Waals surface area contributed by atoms with Gasteiger partial charge in [-0.3, -0.25) is 4.79 Å². The average molecular weight is 245 g/mol. The summed E-state index contributed by atoms with van der Waals surface area (Å²) in [6.45, 7) is 0. The van der Waals surface area contributed by atoms with E-state index < -0.39 is 5.97 Å². The normalized spacial score (nSPS) is 12.9. The SMILES string of the molecule is O=C(O)Cc1nc2c(s1)CCc1ccccc1-2. The quantitative estimate of drug-likeness (QED) is 0.884. The number of fused-ring (bicyclic) bond motifs is 3. The summed E-state index contributed by atoms with van der Waals surface area (Å²) < 4.78 is 0. The van der Waals surface area contributed by atoms with E-state index in [4.69, 9.17) is 5.11 Å². The van der Waals surface area contributed by atoms with E-state index in [1.54, 1.807) is 0 Å². The zero-order valence-corrected chi connectivity index (χ0v) is 9.96. The van der Waals surface area contributed by atoms with Crippen molar-refractivity contribution in [2.75, 3.05) is 0 Å². The highest BCUT2D eigenvalue weighted by Gasteiger charge is 2.20. The van der Waals surface area contributed by atoms with E-state index in [2.05, 4.69) is 17.1 Å². The minimum Gasteiger partial charge on any atom is -0.481 e. The van der Waals surface area contributed by atoms with E-state index in [-0.39, 0.29) is 6.42 Å². The van der Waals surface area contributed by atoms with Crippen LogP contribution in [0, 0.1) is 0 Å². The molecule has 0 bridgehead atoms. The molecule has 3 rings (SSSR count). The van der Waals surface area contributed by atoms with E-state index >= 15 is 0 Å². The van der Waals surface area contributed by atoms with Gasteiger partial charge in [-0.15, -0.1) is 11.3 Å². The molecule has 0 amide bonds. The second-order valence-electron chi connectivity index (χ2n) is 4.11. The Morgan fingerprint density at radius 1 is 1.35 bits per heavy atom. The molecule has 1 aliphatic rings. The van der Waals surface area contributed by atoms with Gasteiger partial charge in [-0.05, 0) is 18.4 Å². The number of benzene rings is 1. The lowest BCUT2D eigenvalue weighted by molar-refractivity contribution is -0.136. The van der Waals surface area contributed by atoms with Crippen LogP contribution in [-0.4, -0.2) is 16.1 Å². The van der Waals surface area contributed by atoms with Crippen LogP contribution in [0.5, 0.6) is 0 Å². The maximum Gasteiger partial charge on any atom is 0.310 e. The first-order chi connectivity index (χ1) is 8.24. The highest BCUT2D eigenvalue weighted by molar-refractivity contribution is 7.12. The molecule has 0 atom stereocenters. The van der Waals surface area contributed by atoms with Crippen LogP contribution < -0.4 is 0 Å². The molecule has 1 N–H and O–H groups in total. The van der Waals surface area contributed by atoms with Crippen molar-refractivity contribution >= 4 is 17.3 Å². The van der Waals surface area contributed by atoms with Crippen LogP contribution in [0.15, 0.2) is 24.3 Å². The van der Waals surface area contributed by atoms with Crippen molar-refractivity contribution in [2.24, 2.45) is 0 Å². The fourth-order valence-electron chi connectivity index (χ4n) is 2.20. The molecule has 0 saturated heterocycles. The number of rotatable bonds is 2. The average Bonchev–Trinajstić information content (AvgIpc) is 2.70. The van der Waals surface area contributed by atoms with Crippen LogP contribution in [0.3, 0.4) is 0 Å². The molecule has 3 nitrogen and oxygen atoms in total. The van der Waals surface area contributed by atoms with Gasteiger partial charge in [-0.25, -0.2) is 4.98 Å². The van der Waals surface area contributed by atoms with Gasteiger partial charge in [0.2, 0.25) is 0 Å². The Balaban J connectivity index is 2.07. The van der Waals surface area contributed by atoms with E-state index in [1.165, 1.54) is 27.3 Å². The van der Waals surface area contributed by atoms with Crippen molar-refractivity contribution < 1.29 is 9.90 Å². The molecule has 0 spiro atoms. The molecule has 1 aliphatic carbocycles. The zero-order chi connectivity index (χ0) is 11.8. The molecular weight excluding hydrogens is 234 g/mol. The maximum absolute atomic E-state index is 10.7. The van der Waals surface area contributed by atoms with Gasteiger partial charge in [0.1, 0.15) is 5.01 Å². The molecule has 0 saturated carbocycles. The molecule has 2 aromatic rings. The Morgan fingerprint density at radius 3 is 3.00 bits per heavy atom. The minimum atomic E-state index is -0.815. The first-order valence-electron chi connectivity index (χ1n) is 5.52. The lowest BCUT2D eigenvalue weighted by Gasteiger charge is -2.13. The van der Waals surface area contributed by atoms with Crippen LogP contribution in [-0.2, 0) is 24.1 Å². The van der Waals surface area contributed by atoms with Gasteiger partial charge in [-0.1, -0.05) is 24.3 Å². The van der Waals surface area contributed by atoms with Crippen molar-refractivity contribution in [3.05, 3.63) is 39.7 Å². The van der Waals surface area contributed by atoms with Gasteiger partial charge >= 0.3 is 5.97 Å². The van der Waals surface area contributed by atoms with Crippen LogP contribution in [0.1, 0.15) is 15.4 Å². The molecule has 0 radical (unpaired) electrons. The highest BCUT2D eigenvalue weighted by atomic mass is 32.1. The number of carboxylic acid groups (broad SMARTS) is 1. The second kappa shape index (κ2) is 3.96. The Kier molecular flexibility index (Phi) is 2.44. The van der Waals surface area contributed by atoms with Crippen molar-refractivity contribution in [3.8, 4) is 11.3 Å². The fourth-order valence-corrected chi connectivity index (χ4v) is 3.28. The van der Waals surface area contributed by atoms with Gasteiger partial charge in [0.05, 0.1) is 12.1 Å². The number of hydrogen-bond acceptors (Lipinski definition) is 3.